The molecule has 0 spiro atoms. The molecule has 2 amide bonds. The van der Waals surface area contributed by atoms with Gasteiger partial charge in [-0.15, -0.1) is 0 Å². The minimum Gasteiger partial charge on any atom is -0.338 e. The van der Waals surface area contributed by atoms with Crippen molar-refractivity contribution in [2.45, 2.75) is 11.8 Å². The van der Waals surface area contributed by atoms with Crippen molar-refractivity contribution in [3.05, 3.63) is 34.4 Å². The number of carbonyl (C=O) groups excluding carboxylic acids is 1. The van der Waals surface area contributed by atoms with Gasteiger partial charge in [0.2, 0.25) is 0 Å². The maximum atomic E-state index is 12.1. The highest BCUT2D eigenvalue weighted by Crippen LogP contribution is 2.15. The molecule has 0 radical (unpaired) electrons. The fourth-order valence-corrected chi connectivity index (χ4v) is 2.26. The molecule has 0 aromatic heterocycles. The Balaban J connectivity index is 2.92. The van der Waals surface area contributed by atoms with Gasteiger partial charge >= 0.3 is 6.03 Å². The van der Waals surface area contributed by atoms with Crippen LogP contribution in [0.15, 0.2) is 29.2 Å². The fraction of sp³-hybridized carbons (Fsp3) is 0.200. The zero-order valence-electron chi connectivity index (χ0n) is 9.71. The SMILES string of the molecule is C=S(=O)(NC(=O)NCC)c1ccc([N+](=O)[O-])cc1. The van der Waals surface area contributed by atoms with Crippen LogP contribution in [-0.4, -0.2) is 27.6 Å². The summed E-state index contributed by atoms with van der Waals surface area (Å²) in [4.78, 5) is 21.4. The Kier molecular flexibility index (Phi) is 4.27. The molecule has 1 atom stereocenters. The predicted molar refractivity (Wildman–Crippen MR) is 68.8 cm³/mol. The van der Waals surface area contributed by atoms with Crippen LogP contribution in [0.2, 0.25) is 0 Å². The molecule has 98 valence electrons. The van der Waals surface area contributed by atoms with E-state index in [0.29, 0.717) is 6.54 Å². The fourth-order valence-electron chi connectivity index (χ4n) is 1.19. The molecule has 0 saturated carbocycles. The zero-order valence-corrected chi connectivity index (χ0v) is 10.5. The number of rotatable bonds is 4. The quantitative estimate of drug-likeness (QED) is 0.482. The van der Waals surface area contributed by atoms with Gasteiger partial charge in [-0.25, -0.2) is 9.00 Å². The summed E-state index contributed by atoms with van der Waals surface area (Å²) >= 11 is 0. The largest absolute Gasteiger partial charge is 0.338 e. The normalized spacial score (nSPS) is 13.4. The van der Waals surface area contributed by atoms with Gasteiger partial charge in [0.15, 0.2) is 0 Å². The van der Waals surface area contributed by atoms with E-state index in [1.54, 1.807) is 6.92 Å². The van der Waals surface area contributed by atoms with Gasteiger partial charge in [0.1, 0.15) is 0 Å². The van der Waals surface area contributed by atoms with Gasteiger partial charge < -0.3 is 5.32 Å². The van der Waals surface area contributed by atoms with Crippen LogP contribution in [0.5, 0.6) is 0 Å². The van der Waals surface area contributed by atoms with E-state index in [2.05, 4.69) is 15.9 Å². The summed E-state index contributed by atoms with van der Waals surface area (Å²) in [5.74, 6) is 3.42. The number of urea groups is 1. The molecule has 0 bridgehead atoms. The number of nitrogens with zero attached hydrogens (tertiary/aromatic N) is 1. The highest BCUT2D eigenvalue weighted by atomic mass is 32.2. The second kappa shape index (κ2) is 5.50. The average Bonchev–Trinajstić information content (AvgIpc) is 2.28. The lowest BCUT2D eigenvalue weighted by Gasteiger charge is -2.11. The van der Waals surface area contributed by atoms with Gasteiger partial charge in [-0.2, -0.15) is 0 Å². The van der Waals surface area contributed by atoms with Crippen molar-refractivity contribution >= 4 is 27.3 Å². The Morgan fingerprint density at radius 3 is 2.44 bits per heavy atom. The first-order chi connectivity index (χ1) is 8.36. The maximum Gasteiger partial charge on any atom is 0.326 e. The molecular weight excluding hydrogens is 258 g/mol. The van der Waals surface area contributed by atoms with Crippen molar-refractivity contribution in [3.63, 3.8) is 0 Å². The number of nitro groups is 1. The molecule has 0 fully saturated rings. The average molecular weight is 271 g/mol. The number of nitro benzene ring substituents is 1. The molecule has 7 nitrogen and oxygen atoms in total. The summed E-state index contributed by atoms with van der Waals surface area (Å²) in [6.45, 7) is 2.11. The molecule has 0 heterocycles. The molecule has 8 heteroatoms. The number of benzene rings is 1. The van der Waals surface area contributed by atoms with Crippen LogP contribution in [0.4, 0.5) is 10.5 Å². The minimum absolute atomic E-state index is 0.119. The third-order valence-electron chi connectivity index (χ3n) is 2.02. The van der Waals surface area contributed by atoms with E-state index in [0.717, 1.165) is 0 Å². The molecule has 18 heavy (non-hydrogen) atoms. The number of non-ortho nitro benzene ring substituents is 1. The Morgan fingerprint density at radius 2 is 2.00 bits per heavy atom. The number of hydrogen-bond donors (Lipinski definition) is 2. The molecular formula is C10H13N3O4S. The third kappa shape index (κ3) is 3.45. The second-order valence-electron chi connectivity index (χ2n) is 3.39. The van der Waals surface area contributed by atoms with E-state index in [1.807, 2.05) is 0 Å². The van der Waals surface area contributed by atoms with Gasteiger partial charge in [-0.05, 0) is 24.9 Å². The van der Waals surface area contributed by atoms with Crippen LogP contribution < -0.4 is 10.0 Å². The summed E-state index contributed by atoms with van der Waals surface area (Å²) in [5, 5.41) is 12.9. The molecule has 0 aliphatic heterocycles. The van der Waals surface area contributed by atoms with Gasteiger partial charge in [-0.3, -0.25) is 14.8 Å². The van der Waals surface area contributed by atoms with Gasteiger partial charge in [0.05, 0.1) is 19.5 Å². The lowest BCUT2D eigenvalue weighted by atomic mass is 10.3. The van der Waals surface area contributed by atoms with Crippen LogP contribution in [0, 0.1) is 10.1 Å². The van der Waals surface area contributed by atoms with Crippen LogP contribution in [0.3, 0.4) is 0 Å². The van der Waals surface area contributed by atoms with E-state index in [-0.39, 0.29) is 10.6 Å². The molecule has 0 saturated heterocycles. The van der Waals surface area contributed by atoms with Crippen molar-refractivity contribution in [1.29, 1.82) is 0 Å². The van der Waals surface area contributed by atoms with Crippen molar-refractivity contribution in [2.75, 3.05) is 6.54 Å². The van der Waals surface area contributed by atoms with E-state index >= 15 is 0 Å². The Morgan fingerprint density at radius 1 is 1.44 bits per heavy atom. The standard InChI is InChI=1S/C10H13N3O4S/c1-3-11-10(14)12-18(2,17)9-6-4-8(5-7-9)13(15)16/h4-7H,2-3H2,1H3,(H2,11,12,14,17). The van der Waals surface area contributed by atoms with Gasteiger partial charge in [0.25, 0.3) is 5.69 Å². The van der Waals surface area contributed by atoms with Crippen LogP contribution >= 0.6 is 0 Å². The van der Waals surface area contributed by atoms with Crippen molar-refractivity contribution in [2.24, 2.45) is 0 Å². The smallest absolute Gasteiger partial charge is 0.326 e. The zero-order chi connectivity index (χ0) is 13.8. The van der Waals surface area contributed by atoms with Gasteiger partial charge in [-0.1, -0.05) is 0 Å². The molecule has 0 aliphatic carbocycles. The molecule has 0 aliphatic rings. The van der Waals surface area contributed by atoms with E-state index in [9.17, 15) is 19.1 Å². The lowest BCUT2D eigenvalue weighted by Crippen LogP contribution is -2.39. The van der Waals surface area contributed by atoms with E-state index in [1.165, 1.54) is 24.3 Å². The monoisotopic (exact) mass is 271 g/mol. The number of nitrogens with one attached hydrogen (secondary N) is 2. The molecule has 1 aromatic carbocycles. The van der Waals surface area contributed by atoms with Crippen molar-refractivity contribution in [3.8, 4) is 0 Å². The molecule has 1 aromatic rings. The summed E-state index contributed by atoms with van der Waals surface area (Å²) in [7, 11) is -3.01. The highest BCUT2D eigenvalue weighted by Gasteiger charge is 2.13. The summed E-state index contributed by atoms with van der Waals surface area (Å²) < 4.78 is 14.3. The number of amides is 2. The number of carbonyl (C=O) groups is 1. The van der Waals surface area contributed by atoms with Crippen molar-refractivity contribution in [1.82, 2.24) is 10.0 Å². The first-order valence-corrected chi connectivity index (χ1v) is 6.77. The van der Waals surface area contributed by atoms with Crippen LogP contribution in [0.1, 0.15) is 6.92 Å². The lowest BCUT2D eigenvalue weighted by molar-refractivity contribution is -0.384. The molecule has 1 rings (SSSR count). The topological polar surface area (TPSA) is 101 Å². The minimum atomic E-state index is -3.01. The molecule has 2 N–H and O–H groups in total. The van der Waals surface area contributed by atoms with Crippen LogP contribution in [-0.2, 0) is 9.71 Å². The Labute approximate surface area is 104 Å². The highest BCUT2D eigenvalue weighted by molar-refractivity contribution is 7.99. The number of hydrogen-bond acceptors (Lipinski definition) is 4. The summed E-state index contributed by atoms with van der Waals surface area (Å²) in [5.41, 5.74) is -0.119. The predicted octanol–water partition coefficient (Wildman–Crippen LogP) is 0.904. The van der Waals surface area contributed by atoms with Gasteiger partial charge in [0, 0.05) is 18.7 Å². The second-order valence-corrected chi connectivity index (χ2v) is 5.41. The molecule has 1 unspecified atom stereocenters. The first-order valence-electron chi connectivity index (χ1n) is 5.04. The summed E-state index contributed by atoms with van der Waals surface area (Å²) in [6.07, 6.45) is 0. The maximum absolute atomic E-state index is 12.1. The summed E-state index contributed by atoms with van der Waals surface area (Å²) in [6, 6.07) is 4.43. The Hall–Kier alpha value is -2.09. The van der Waals surface area contributed by atoms with E-state index in [4.69, 9.17) is 0 Å². The van der Waals surface area contributed by atoms with E-state index < -0.39 is 20.7 Å². The van der Waals surface area contributed by atoms with Crippen LogP contribution in [0.25, 0.3) is 0 Å². The third-order valence-corrected chi connectivity index (χ3v) is 3.57. The first kappa shape index (κ1) is 14.0. The van der Waals surface area contributed by atoms with Crippen molar-refractivity contribution < 1.29 is 13.9 Å². The Bertz CT molecular complexity index is 551.